The molecule has 0 bridgehead atoms. The maximum Gasteiger partial charge on any atom is 0.243 e. The van der Waals surface area contributed by atoms with Crippen LogP contribution in [-0.4, -0.2) is 45.5 Å². The molecule has 1 fully saturated rings. The lowest BCUT2D eigenvalue weighted by molar-refractivity contribution is 0.382. The molecule has 1 aromatic carbocycles. The molecule has 1 saturated heterocycles. The van der Waals surface area contributed by atoms with Crippen LogP contribution in [0, 0.1) is 0 Å². The summed E-state index contributed by atoms with van der Waals surface area (Å²) in [5.41, 5.74) is 0. The quantitative estimate of drug-likeness (QED) is 0.864. The zero-order valence-corrected chi connectivity index (χ0v) is 12.8. The maximum atomic E-state index is 12.7. The highest BCUT2D eigenvalue weighted by molar-refractivity contribution is 7.89. The van der Waals surface area contributed by atoms with Gasteiger partial charge in [-0.15, -0.1) is 0 Å². The van der Waals surface area contributed by atoms with Crippen LogP contribution in [0.3, 0.4) is 0 Å². The fraction of sp³-hybridized carbons (Fsp3) is 0.571. The van der Waals surface area contributed by atoms with Crippen LogP contribution in [0.5, 0.6) is 5.75 Å². The fourth-order valence-corrected chi connectivity index (χ4v) is 4.00. The summed E-state index contributed by atoms with van der Waals surface area (Å²) in [5.74, 6) is 0.557. The minimum atomic E-state index is -3.46. The van der Waals surface area contributed by atoms with E-state index in [0.29, 0.717) is 18.8 Å². The number of hydrogen-bond acceptors (Lipinski definition) is 4. The Morgan fingerprint density at radius 3 is 2.85 bits per heavy atom. The van der Waals surface area contributed by atoms with E-state index in [1.54, 1.807) is 24.3 Å². The molecule has 0 saturated carbocycles. The van der Waals surface area contributed by atoms with E-state index >= 15 is 0 Å². The van der Waals surface area contributed by atoms with Crippen molar-refractivity contribution >= 4 is 10.0 Å². The van der Waals surface area contributed by atoms with Gasteiger partial charge in [0.15, 0.2) is 0 Å². The zero-order valence-electron chi connectivity index (χ0n) is 12.0. The lowest BCUT2D eigenvalue weighted by Crippen LogP contribution is -2.40. The lowest BCUT2D eigenvalue weighted by atomic mass is 10.2. The second kappa shape index (κ2) is 6.56. The third-order valence-corrected chi connectivity index (χ3v) is 5.55. The molecule has 1 N–H and O–H groups in total. The third kappa shape index (κ3) is 3.31. The van der Waals surface area contributed by atoms with E-state index in [1.165, 1.54) is 11.4 Å². The molecule has 6 heteroatoms. The average molecular weight is 298 g/mol. The van der Waals surface area contributed by atoms with Gasteiger partial charge in [-0.3, -0.25) is 0 Å². The smallest absolute Gasteiger partial charge is 0.243 e. The summed E-state index contributed by atoms with van der Waals surface area (Å²) in [5, 5.41) is 3.34. The summed E-state index contributed by atoms with van der Waals surface area (Å²) < 4.78 is 32.0. The normalized spacial score (nSPS) is 19.4. The van der Waals surface area contributed by atoms with Crippen LogP contribution in [0.2, 0.25) is 0 Å². The molecule has 1 heterocycles. The predicted molar refractivity (Wildman–Crippen MR) is 78.5 cm³/mol. The highest BCUT2D eigenvalue weighted by Gasteiger charge is 2.27. The SMILES string of the molecule is CCN(CC1CCCN1)S(=O)(=O)c1cccc(OC)c1. The first-order valence-corrected chi connectivity index (χ1v) is 8.39. The Kier molecular flexibility index (Phi) is 5.01. The molecule has 1 aromatic rings. The minimum absolute atomic E-state index is 0.260. The van der Waals surface area contributed by atoms with E-state index in [9.17, 15) is 8.42 Å². The third-order valence-electron chi connectivity index (χ3n) is 3.62. The van der Waals surface area contributed by atoms with Crippen LogP contribution in [0.25, 0.3) is 0 Å². The molecule has 2 rings (SSSR count). The second-order valence-electron chi connectivity index (χ2n) is 4.93. The van der Waals surface area contributed by atoms with E-state index in [-0.39, 0.29) is 10.9 Å². The summed E-state index contributed by atoms with van der Waals surface area (Å²) in [6, 6.07) is 6.89. The van der Waals surface area contributed by atoms with Crippen molar-refractivity contribution in [3.63, 3.8) is 0 Å². The number of sulfonamides is 1. The van der Waals surface area contributed by atoms with Gasteiger partial charge in [0.2, 0.25) is 10.0 Å². The van der Waals surface area contributed by atoms with Gasteiger partial charge in [-0.05, 0) is 31.5 Å². The van der Waals surface area contributed by atoms with Gasteiger partial charge in [-0.1, -0.05) is 13.0 Å². The molecule has 1 aliphatic heterocycles. The largest absolute Gasteiger partial charge is 0.497 e. The van der Waals surface area contributed by atoms with Crippen LogP contribution in [-0.2, 0) is 10.0 Å². The predicted octanol–water partition coefficient (Wildman–Crippen LogP) is 1.46. The Morgan fingerprint density at radius 1 is 1.45 bits per heavy atom. The lowest BCUT2D eigenvalue weighted by Gasteiger charge is -2.24. The van der Waals surface area contributed by atoms with Gasteiger partial charge >= 0.3 is 0 Å². The average Bonchev–Trinajstić information content (AvgIpc) is 2.97. The number of nitrogens with zero attached hydrogens (tertiary/aromatic N) is 1. The van der Waals surface area contributed by atoms with Gasteiger partial charge < -0.3 is 10.1 Å². The molecular formula is C14H22N2O3S. The molecule has 0 radical (unpaired) electrons. The van der Waals surface area contributed by atoms with Gasteiger partial charge in [-0.25, -0.2) is 8.42 Å². The Morgan fingerprint density at radius 2 is 2.25 bits per heavy atom. The standard InChI is InChI=1S/C14H22N2O3S/c1-3-16(11-12-6-5-9-15-12)20(17,18)14-8-4-7-13(10-14)19-2/h4,7-8,10,12,15H,3,5-6,9,11H2,1-2H3. The first kappa shape index (κ1) is 15.3. The highest BCUT2D eigenvalue weighted by atomic mass is 32.2. The van der Waals surface area contributed by atoms with E-state index in [0.717, 1.165) is 19.4 Å². The van der Waals surface area contributed by atoms with Crippen molar-refractivity contribution in [1.82, 2.24) is 9.62 Å². The first-order chi connectivity index (χ1) is 9.57. The fourth-order valence-electron chi connectivity index (χ4n) is 2.47. The number of benzene rings is 1. The van der Waals surface area contributed by atoms with Gasteiger partial charge in [0.05, 0.1) is 12.0 Å². The van der Waals surface area contributed by atoms with Gasteiger partial charge in [0.1, 0.15) is 5.75 Å². The summed E-state index contributed by atoms with van der Waals surface area (Å²) >= 11 is 0. The van der Waals surface area contributed by atoms with Crippen molar-refractivity contribution in [2.45, 2.75) is 30.7 Å². The van der Waals surface area contributed by atoms with Gasteiger partial charge in [-0.2, -0.15) is 4.31 Å². The molecule has 112 valence electrons. The van der Waals surface area contributed by atoms with Crippen LogP contribution >= 0.6 is 0 Å². The first-order valence-electron chi connectivity index (χ1n) is 6.95. The molecule has 0 spiro atoms. The summed E-state index contributed by atoms with van der Waals surface area (Å²) in [4.78, 5) is 0.289. The summed E-state index contributed by atoms with van der Waals surface area (Å²) in [6.45, 7) is 3.84. The number of ether oxygens (including phenoxy) is 1. The van der Waals surface area contributed by atoms with Crippen molar-refractivity contribution in [3.05, 3.63) is 24.3 Å². The van der Waals surface area contributed by atoms with Crippen molar-refractivity contribution in [2.75, 3.05) is 26.7 Å². The number of methoxy groups -OCH3 is 1. The van der Waals surface area contributed by atoms with E-state index < -0.39 is 10.0 Å². The van der Waals surface area contributed by atoms with Crippen molar-refractivity contribution in [3.8, 4) is 5.75 Å². The van der Waals surface area contributed by atoms with Gasteiger partial charge in [0, 0.05) is 25.2 Å². The molecule has 0 amide bonds. The van der Waals surface area contributed by atoms with Crippen molar-refractivity contribution < 1.29 is 13.2 Å². The number of nitrogens with one attached hydrogen (secondary N) is 1. The maximum absolute atomic E-state index is 12.7. The van der Waals surface area contributed by atoms with Crippen molar-refractivity contribution in [2.24, 2.45) is 0 Å². The van der Waals surface area contributed by atoms with E-state index in [4.69, 9.17) is 4.74 Å². The van der Waals surface area contributed by atoms with Crippen molar-refractivity contribution in [1.29, 1.82) is 0 Å². The second-order valence-corrected chi connectivity index (χ2v) is 6.87. The Labute approximate surface area is 121 Å². The Bertz CT molecular complexity index is 539. The van der Waals surface area contributed by atoms with Crippen LogP contribution < -0.4 is 10.1 Å². The van der Waals surface area contributed by atoms with Crippen LogP contribution in [0.15, 0.2) is 29.2 Å². The van der Waals surface area contributed by atoms with Crippen LogP contribution in [0.1, 0.15) is 19.8 Å². The number of hydrogen-bond donors (Lipinski definition) is 1. The molecule has 0 aromatic heterocycles. The monoisotopic (exact) mass is 298 g/mol. The molecule has 20 heavy (non-hydrogen) atoms. The zero-order chi connectivity index (χ0) is 14.6. The Balaban J connectivity index is 2.21. The molecular weight excluding hydrogens is 276 g/mol. The van der Waals surface area contributed by atoms with E-state index in [1.807, 2.05) is 6.92 Å². The van der Waals surface area contributed by atoms with Gasteiger partial charge in [0.25, 0.3) is 0 Å². The highest BCUT2D eigenvalue weighted by Crippen LogP contribution is 2.21. The summed E-state index contributed by atoms with van der Waals surface area (Å²) in [7, 11) is -1.92. The molecule has 5 nitrogen and oxygen atoms in total. The summed E-state index contributed by atoms with van der Waals surface area (Å²) in [6.07, 6.45) is 2.14. The molecule has 1 unspecified atom stereocenters. The number of likely N-dealkylation sites (N-methyl/N-ethyl adjacent to an activating group) is 1. The van der Waals surface area contributed by atoms with E-state index in [2.05, 4.69) is 5.32 Å². The van der Waals surface area contributed by atoms with Crippen LogP contribution in [0.4, 0.5) is 0 Å². The number of rotatable bonds is 6. The minimum Gasteiger partial charge on any atom is -0.497 e. The Hall–Kier alpha value is -1.11. The molecule has 1 aliphatic rings. The topological polar surface area (TPSA) is 58.6 Å². The molecule has 0 aliphatic carbocycles. The molecule has 1 atom stereocenters.